The monoisotopic (exact) mass is 389 g/mol. The second kappa shape index (κ2) is 8.24. The summed E-state index contributed by atoms with van der Waals surface area (Å²) >= 11 is 2.72. The maximum atomic E-state index is 13.4. The third-order valence-corrected chi connectivity index (χ3v) is 5.20. The summed E-state index contributed by atoms with van der Waals surface area (Å²) in [4.78, 5) is 13.2. The Hall–Kier alpha value is -2.52. The summed E-state index contributed by atoms with van der Waals surface area (Å²) in [6, 6.07) is 13.5. The highest BCUT2D eigenvalue weighted by Gasteiger charge is 2.14. The van der Waals surface area contributed by atoms with E-state index in [1.165, 1.54) is 16.8 Å². The first-order valence-corrected chi connectivity index (χ1v) is 9.81. The maximum Gasteiger partial charge on any atom is 0.234 e. The fourth-order valence-corrected chi connectivity index (χ4v) is 3.47. The largest absolute Gasteiger partial charge is 0.335 e. The Morgan fingerprint density at radius 2 is 2.04 bits per heavy atom. The lowest BCUT2D eigenvalue weighted by Gasteiger charge is -2.09. The molecule has 0 unspecified atom stereocenters. The number of amides is 1. The first kappa shape index (κ1) is 18.3. The van der Waals surface area contributed by atoms with Crippen LogP contribution < -0.4 is 11.2 Å². The van der Waals surface area contributed by atoms with Crippen LogP contribution in [0.5, 0.6) is 0 Å². The van der Waals surface area contributed by atoms with E-state index in [1.807, 2.05) is 30.5 Å². The molecular weight excluding hydrogens is 373 g/mol. The molecule has 0 atom stereocenters. The van der Waals surface area contributed by atoms with E-state index in [1.54, 1.807) is 23.9 Å². The van der Waals surface area contributed by atoms with E-state index in [0.717, 1.165) is 22.3 Å². The summed E-state index contributed by atoms with van der Waals surface area (Å²) in [5, 5.41) is 11.2. The summed E-state index contributed by atoms with van der Waals surface area (Å²) in [6.45, 7) is 0. The van der Waals surface area contributed by atoms with Gasteiger partial charge in [-0.25, -0.2) is 9.07 Å². The van der Waals surface area contributed by atoms with Crippen molar-refractivity contribution in [3.8, 4) is 11.4 Å². The number of nitrogens with one attached hydrogen (secondary N) is 1. The van der Waals surface area contributed by atoms with Crippen LogP contribution in [0.1, 0.15) is 0 Å². The number of hydrogen-bond donors (Lipinski definition) is 2. The number of halogens is 1. The van der Waals surface area contributed by atoms with Gasteiger partial charge in [-0.3, -0.25) is 4.79 Å². The van der Waals surface area contributed by atoms with Crippen molar-refractivity contribution >= 4 is 35.1 Å². The van der Waals surface area contributed by atoms with Gasteiger partial charge in [0.15, 0.2) is 5.82 Å². The number of thioether (sulfide) groups is 2. The van der Waals surface area contributed by atoms with Crippen molar-refractivity contribution in [2.24, 2.45) is 0 Å². The van der Waals surface area contributed by atoms with Crippen molar-refractivity contribution in [1.82, 2.24) is 14.9 Å². The van der Waals surface area contributed by atoms with Crippen LogP contribution in [0.2, 0.25) is 0 Å². The molecule has 6 nitrogen and oxygen atoms in total. The zero-order valence-electron chi connectivity index (χ0n) is 13.8. The first-order chi connectivity index (χ1) is 12.6. The normalized spacial score (nSPS) is 10.7. The number of rotatable bonds is 6. The fourth-order valence-electron chi connectivity index (χ4n) is 2.26. The summed E-state index contributed by atoms with van der Waals surface area (Å²) in [5.41, 5.74) is 1.28. The zero-order valence-corrected chi connectivity index (χ0v) is 15.5. The Kier molecular flexibility index (Phi) is 5.79. The van der Waals surface area contributed by atoms with Gasteiger partial charge in [-0.2, -0.15) is 0 Å². The molecule has 1 amide bonds. The van der Waals surface area contributed by atoms with Crippen molar-refractivity contribution in [3.05, 3.63) is 54.3 Å². The Balaban J connectivity index is 1.66. The molecule has 0 bridgehead atoms. The number of nitrogen functional groups attached to an aromatic ring is 1. The van der Waals surface area contributed by atoms with E-state index in [9.17, 15) is 9.18 Å². The molecule has 0 aliphatic carbocycles. The highest BCUT2D eigenvalue weighted by atomic mass is 32.2. The number of hydrogen-bond acceptors (Lipinski definition) is 6. The van der Waals surface area contributed by atoms with Crippen LogP contribution in [0.15, 0.2) is 58.6 Å². The molecule has 134 valence electrons. The molecule has 0 aliphatic rings. The minimum absolute atomic E-state index is 0.126. The first-order valence-electron chi connectivity index (χ1n) is 7.60. The van der Waals surface area contributed by atoms with Gasteiger partial charge >= 0.3 is 0 Å². The van der Waals surface area contributed by atoms with Gasteiger partial charge in [0, 0.05) is 10.5 Å². The second-order valence-corrected chi connectivity index (χ2v) is 7.01. The van der Waals surface area contributed by atoms with Gasteiger partial charge in [-0.1, -0.05) is 36.0 Å². The summed E-state index contributed by atoms with van der Waals surface area (Å²) in [5.74, 6) is 5.89. The van der Waals surface area contributed by atoms with Gasteiger partial charge in [-0.15, -0.1) is 22.0 Å². The maximum absolute atomic E-state index is 13.4. The van der Waals surface area contributed by atoms with E-state index < -0.39 is 0 Å². The lowest BCUT2D eigenvalue weighted by molar-refractivity contribution is -0.113. The Morgan fingerprint density at radius 3 is 2.81 bits per heavy atom. The summed E-state index contributed by atoms with van der Waals surface area (Å²) < 4.78 is 14.6. The van der Waals surface area contributed by atoms with Crippen molar-refractivity contribution in [2.45, 2.75) is 10.1 Å². The molecule has 0 spiro atoms. The van der Waals surface area contributed by atoms with Crippen LogP contribution in [-0.4, -0.2) is 32.8 Å². The van der Waals surface area contributed by atoms with Crippen LogP contribution in [0.25, 0.3) is 11.4 Å². The molecule has 0 fully saturated rings. The number of para-hydroxylation sites is 1. The van der Waals surface area contributed by atoms with E-state index in [0.29, 0.717) is 16.5 Å². The topological polar surface area (TPSA) is 85.8 Å². The van der Waals surface area contributed by atoms with E-state index >= 15 is 0 Å². The van der Waals surface area contributed by atoms with Crippen LogP contribution in [0.3, 0.4) is 0 Å². The van der Waals surface area contributed by atoms with Crippen LogP contribution >= 0.6 is 23.5 Å². The number of aromatic nitrogens is 3. The third kappa shape index (κ3) is 4.17. The van der Waals surface area contributed by atoms with E-state index in [4.69, 9.17) is 5.84 Å². The van der Waals surface area contributed by atoms with Gasteiger partial charge in [0.05, 0.1) is 11.4 Å². The van der Waals surface area contributed by atoms with E-state index in [-0.39, 0.29) is 17.5 Å². The Morgan fingerprint density at radius 1 is 1.23 bits per heavy atom. The van der Waals surface area contributed by atoms with Crippen molar-refractivity contribution in [1.29, 1.82) is 0 Å². The molecule has 3 aromatic rings. The quantitative estimate of drug-likeness (QED) is 0.497. The predicted molar refractivity (Wildman–Crippen MR) is 103 cm³/mol. The van der Waals surface area contributed by atoms with E-state index in [2.05, 4.69) is 15.5 Å². The molecular formula is C17H16FN5OS2. The zero-order chi connectivity index (χ0) is 18.5. The van der Waals surface area contributed by atoms with Gasteiger partial charge in [0.25, 0.3) is 0 Å². The van der Waals surface area contributed by atoms with Gasteiger partial charge in [0.2, 0.25) is 11.1 Å². The minimum Gasteiger partial charge on any atom is -0.335 e. The molecule has 3 N–H and O–H groups in total. The summed E-state index contributed by atoms with van der Waals surface area (Å²) in [7, 11) is 0. The SMILES string of the molecule is CSc1ccccc1NC(=O)CSc1nnc(-c2cccc(F)c2)n1N. The van der Waals surface area contributed by atoms with Crippen LogP contribution in [0.4, 0.5) is 10.1 Å². The number of anilines is 1. The van der Waals surface area contributed by atoms with Crippen molar-refractivity contribution < 1.29 is 9.18 Å². The number of carbonyl (C=O) groups excluding carboxylic acids is 1. The standard InChI is InChI=1S/C17H16FN5OS2/c1-25-14-8-3-2-7-13(14)20-15(24)10-26-17-22-21-16(23(17)19)11-5-4-6-12(18)9-11/h2-9H,10,19H2,1H3,(H,20,24). The molecule has 3 rings (SSSR count). The smallest absolute Gasteiger partial charge is 0.234 e. The minimum atomic E-state index is -0.383. The summed E-state index contributed by atoms with van der Waals surface area (Å²) in [6.07, 6.45) is 1.95. The molecule has 26 heavy (non-hydrogen) atoms. The Labute approximate surface area is 158 Å². The van der Waals surface area contributed by atoms with Crippen molar-refractivity contribution in [2.75, 3.05) is 23.2 Å². The average Bonchev–Trinajstić information content (AvgIpc) is 3.01. The second-order valence-electron chi connectivity index (χ2n) is 5.22. The van der Waals surface area contributed by atoms with Crippen molar-refractivity contribution in [3.63, 3.8) is 0 Å². The lowest BCUT2D eigenvalue weighted by Crippen LogP contribution is -2.16. The van der Waals surface area contributed by atoms with Gasteiger partial charge in [-0.05, 0) is 30.5 Å². The highest BCUT2D eigenvalue weighted by Crippen LogP contribution is 2.26. The van der Waals surface area contributed by atoms with Gasteiger partial charge in [0.1, 0.15) is 5.82 Å². The number of carbonyl (C=O) groups is 1. The van der Waals surface area contributed by atoms with Crippen LogP contribution in [0, 0.1) is 5.82 Å². The lowest BCUT2D eigenvalue weighted by atomic mass is 10.2. The predicted octanol–water partition coefficient (Wildman–Crippen LogP) is 3.25. The molecule has 2 aromatic carbocycles. The molecule has 0 saturated heterocycles. The highest BCUT2D eigenvalue weighted by molar-refractivity contribution is 7.99. The average molecular weight is 389 g/mol. The molecule has 1 heterocycles. The molecule has 0 saturated carbocycles. The number of benzene rings is 2. The molecule has 0 aliphatic heterocycles. The number of nitrogens with zero attached hydrogens (tertiary/aromatic N) is 3. The number of nitrogens with two attached hydrogens (primary N) is 1. The molecule has 0 radical (unpaired) electrons. The Bertz CT molecular complexity index is 931. The third-order valence-electron chi connectivity index (χ3n) is 3.46. The molecule has 1 aromatic heterocycles. The van der Waals surface area contributed by atoms with Gasteiger partial charge < -0.3 is 11.2 Å². The fraction of sp³-hybridized carbons (Fsp3) is 0.118. The molecule has 9 heteroatoms. The van der Waals surface area contributed by atoms with Crippen LogP contribution in [-0.2, 0) is 4.79 Å².